The van der Waals surface area contributed by atoms with Gasteiger partial charge in [-0.2, -0.15) is 0 Å². The molecule has 1 aromatic carbocycles. The Bertz CT molecular complexity index is 389. The number of aliphatic hydroxyl groups is 1. The Morgan fingerprint density at radius 3 is 2.68 bits per heavy atom. The van der Waals surface area contributed by atoms with Crippen LogP contribution in [0.1, 0.15) is 36.2 Å². The number of nitrogens with one attached hydrogen (secondary N) is 1. The normalized spacial score (nSPS) is 10.7. The number of hydrogen-bond acceptors (Lipinski definition) is 3. The molecule has 1 aromatic rings. The molecule has 106 valence electrons. The fourth-order valence-corrected chi connectivity index (χ4v) is 1.96. The lowest BCUT2D eigenvalue weighted by Crippen LogP contribution is -2.29. The summed E-state index contributed by atoms with van der Waals surface area (Å²) >= 11 is 0. The lowest BCUT2D eigenvalue weighted by molar-refractivity contribution is 0.0951. The first kappa shape index (κ1) is 15.7. The van der Waals surface area contributed by atoms with Gasteiger partial charge in [0.25, 0.3) is 5.91 Å². The van der Waals surface area contributed by atoms with Gasteiger partial charge < -0.3 is 15.3 Å². The smallest absolute Gasteiger partial charge is 0.251 e. The van der Waals surface area contributed by atoms with E-state index in [1.807, 2.05) is 0 Å². The van der Waals surface area contributed by atoms with Gasteiger partial charge in [-0.05, 0) is 43.8 Å². The molecule has 0 aromatic heterocycles. The lowest BCUT2D eigenvalue weighted by Gasteiger charge is -2.17. The van der Waals surface area contributed by atoms with Gasteiger partial charge in [0.2, 0.25) is 0 Å². The highest BCUT2D eigenvalue weighted by Gasteiger charge is 2.05. The average Bonchev–Trinajstić information content (AvgIpc) is 2.47. The Morgan fingerprint density at radius 2 is 2.05 bits per heavy atom. The van der Waals surface area contributed by atoms with E-state index in [0.29, 0.717) is 12.1 Å². The van der Waals surface area contributed by atoms with Crippen molar-refractivity contribution in [3.63, 3.8) is 0 Å². The van der Waals surface area contributed by atoms with Gasteiger partial charge >= 0.3 is 0 Å². The van der Waals surface area contributed by atoms with Crippen molar-refractivity contribution in [2.75, 3.05) is 26.2 Å². The second-order valence-electron chi connectivity index (χ2n) is 4.49. The highest BCUT2D eigenvalue weighted by molar-refractivity contribution is 5.94. The van der Waals surface area contributed by atoms with Crippen LogP contribution in [-0.4, -0.2) is 42.1 Å². The molecule has 0 heterocycles. The summed E-state index contributed by atoms with van der Waals surface area (Å²) in [5.74, 6) is -0.0742. The van der Waals surface area contributed by atoms with Gasteiger partial charge in [-0.1, -0.05) is 26.0 Å². The fraction of sp³-hybridized carbons (Fsp3) is 0.533. The minimum Gasteiger partial charge on any atom is -0.392 e. The van der Waals surface area contributed by atoms with Crippen molar-refractivity contribution >= 4 is 5.91 Å². The molecule has 0 aliphatic carbocycles. The number of nitrogens with zero attached hydrogens (tertiary/aromatic N) is 1. The summed E-state index contributed by atoms with van der Waals surface area (Å²) in [5, 5.41) is 11.9. The molecule has 0 aliphatic rings. The van der Waals surface area contributed by atoms with Crippen LogP contribution in [0.2, 0.25) is 0 Å². The van der Waals surface area contributed by atoms with E-state index in [2.05, 4.69) is 24.1 Å². The standard InChI is InChI=1S/C15H24N2O2/c1-3-17(4-2)10-6-9-16-15(19)14-8-5-7-13(11-14)12-18/h5,7-8,11,18H,3-4,6,9-10,12H2,1-2H3,(H,16,19). The molecule has 1 rings (SSSR count). The molecule has 0 bridgehead atoms. The molecule has 0 fully saturated rings. The van der Waals surface area contributed by atoms with Gasteiger partial charge in [-0.15, -0.1) is 0 Å². The molecule has 0 atom stereocenters. The summed E-state index contributed by atoms with van der Waals surface area (Å²) in [7, 11) is 0. The van der Waals surface area contributed by atoms with E-state index < -0.39 is 0 Å². The van der Waals surface area contributed by atoms with Gasteiger partial charge in [0, 0.05) is 12.1 Å². The van der Waals surface area contributed by atoms with Crippen LogP contribution in [0.5, 0.6) is 0 Å². The lowest BCUT2D eigenvalue weighted by atomic mass is 10.1. The molecular weight excluding hydrogens is 240 g/mol. The second-order valence-corrected chi connectivity index (χ2v) is 4.49. The summed E-state index contributed by atoms with van der Waals surface area (Å²) in [5.41, 5.74) is 1.37. The summed E-state index contributed by atoms with van der Waals surface area (Å²) in [4.78, 5) is 14.2. The quantitative estimate of drug-likeness (QED) is 0.702. The highest BCUT2D eigenvalue weighted by atomic mass is 16.3. The molecular formula is C15H24N2O2. The Hall–Kier alpha value is -1.39. The van der Waals surface area contributed by atoms with Gasteiger partial charge in [0.1, 0.15) is 0 Å². The van der Waals surface area contributed by atoms with E-state index in [4.69, 9.17) is 5.11 Å². The van der Waals surface area contributed by atoms with Crippen LogP contribution in [0, 0.1) is 0 Å². The van der Waals surface area contributed by atoms with E-state index >= 15 is 0 Å². The average molecular weight is 264 g/mol. The first-order valence-corrected chi connectivity index (χ1v) is 6.91. The molecule has 0 saturated heterocycles. The third-order valence-corrected chi connectivity index (χ3v) is 3.20. The van der Waals surface area contributed by atoms with Crippen molar-refractivity contribution in [2.45, 2.75) is 26.9 Å². The largest absolute Gasteiger partial charge is 0.392 e. The number of amides is 1. The predicted molar refractivity (Wildman–Crippen MR) is 77.1 cm³/mol. The van der Waals surface area contributed by atoms with Crippen molar-refractivity contribution in [3.8, 4) is 0 Å². The molecule has 0 unspecified atom stereocenters. The maximum Gasteiger partial charge on any atom is 0.251 e. The van der Waals surface area contributed by atoms with Crippen LogP contribution < -0.4 is 5.32 Å². The van der Waals surface area contributed by atoms with Crippen molar-refractivity contribution in [1.29, 1.82) is 0 Å². The summed E-state index contributed by atoms with van der Waals surface area (Å²) in [6.45, 7) is 8.02. The van der Waals surface area contributed by atoms with Gasteiger partial charge in [-0.3, -0.25) is 4.79 Å². The summed E-state index contributed by atoms with van der Waals surface area (Å²) in [6, 6.07) is 7.08. The van der Waals surface area contributed by atoms with E-state index in [0.717, 1.165) is 31.6 Å². The zero-order chi connectivity index (χ0) is 14.1. The molecule has 0 spiro atoms. The van der Waals surface area contributed by atoms with Gasteiger partial charge in [0.15, 0.2) is 0 Å². The number of benzene rings is 1. The fourth-order valence-electron chi connectivity index (χ4n) is 1.96. The molecule has 2 N–H and O–H groups in total. The van der Waals surface area contributed by atoms with Crippen molar-refractivity contribution in [1.82, 2.24) is 10.2 Å². The third-order valence-electron chi connectivity index (χ3n) is 3.20. The molecule has 0 aliphatic heterocycles. The Labute approximate surface area is 115 Å². The third kappa shape index (κ3) is 5.41. The first-order valence-electron chi connectivity index (χ1n) is 6.91. The van der Waals surface area contributed by atoms with E-state index in [1.54, 1.807) is 24.3 Å². The number of carbonyl (C=O) groups excluding carboxylic acids is 1. The van der Waals surface area contributed by atoms with Crippen LogP contribution in [-0.2, 0) is 6.61 Å². The zero-order valence-electron chi connectivity index (χ0n) is 11.9. The SMILES string of the molecule is CCN(CC)CCCNC(=O)c1cccc(CO)c1. The Balaban J connectivity index is 2.34. The Morgan fingerprint density at radius 1 is 1.32 bits per heavy atom. The molecule has 0 radical (unpaired) electrons. The van der Waals surface area contributed by atoms with Crippen molar-refractivity contribution in [2.24, 2.45) is 0 Å². The maximum atomic E-state index is 11.9. The highest BCUT2D eigenvalue weighted by Crippen LogP contribution is 2.05. The second kappa shape index (κ2) is 8.67. The molecule has 4 nitrogen and oxygen atoms in total. The molecule has 1 amide bonds. The van der Waals surface area contributed by atoms with Crippen LogP contribution in [0.25, 0.3) is 0 Å². The zero-order valence-corrected chi connectivity index (χ0v) is 11.9. The molecule has 0 saturated carbocycles. The molecule has 19 heavy (non-hydrogen) atoms. The predicted octanol–water partition coefficient (Wildman–Crippen LogP) is 1.64. The number of rotatable bonds is 8. The van der Waals surface area contributed by atoms with Crippen LogP contribution >= 0.6 is 0 Å². The van der Waals surface area contributed by atoms with E-state index in [-0.39, 0.29) is 12.5 Å². The molecule has 4 heteroatoms. The topological polar surface area (TPSA) is 52.6 Å². The van der Waals surface area contributed by atoms with Crippen molar-refractivity contribution in [3.05, 3.63) is 35.4 Å². The van der Waals surface area contributed by atoms with E-state index in [9.17, 15) is 4.79 Å². The number of aliphatic hydroxyl groups excluding tert-OH is 1. The first-order chi connectivity index (χ1) is 9.21. The summed E-state index contributed by atoms with van der Waals surface area (Å²) in [6.07, 6.45) is 0.951. The van der Waals surface area contributed by atoms with Gasteiger partial charge in [0.05, 0.1) is 6.61 Å². The Kier molecular flexibility index (Phi) is 7.15. The number of hydrogen-bond donors (Lipinski definition) is 2. The minimum atomic E-state index is -0.0742. The summed E-state index contributed by atoms with van der Waals surface area (Å²) < 4.78 is 0. The maximum absolute atomic E-state index is 11.9. The van der Waals surface area contributed by atoms with Crippen molar-refractivity contribution < 1.29 is 9.90 Å². The van der Waals surface area contributed by atoms with Crippen LogP contribution in [0.15, 0.2) is 24.3 Å². The van der Waals surface area contributed by atoms with Crippen LogP contribution in [0.4, 0.5) is 0 Å². The van der Waals surface area contributed by atoms with E-state index in [1.165, 1.54) is 0 Å². The minimum absolute atomic E-state index is 0.0386. The van der Waals surface area contributed by atoms with Gasteiger partial charge in [-0.25, -0.2) is 0 Å². The number of carbonyl (C=O) groups is 1. The monoisotopic (exact) mass is 264 g/mol. The van der Waals surface area contributed by atoms with Crippen LogP contribution in [0.3, 0.4) is 0 Å².